The fourth-order valence-corrected chi connectivity index (χ4v) is 1.34. The Morgan fingerprint density at radius 2 is 1.93 bits per heavy atom. The van der Waals surface area contributed by atoms with Gasteiger partial charge in [-0.15, -0.1) is 10.2 Å². The largest absolute Gasteiger partial charge is 0.411 e. The number of nitrogens with two attached hydrogens (primary N) is 1. The first-order chi connectivity index (χ1) is 6.51. The van der Waals surface area contributed by atoms with E-state index in [0.717, 1.165) is 11.3 Å². The minimum atomic E-state index is -4.30. The molecule has 14 heavy (non-hydrogen) atoms. The van der Waals surface area contributed by atoms with Gasteiger partial charge in [0, 0.05) is 6.54 Å². The normalized spacial score (nSPS) is 12.0. The first-order valence-corrected chi connectivity index (χ1v) is 4.49. The summed E-state index contributed by atoms with van der Waals surface area (Å²) in [5, 5.41) is 8.21. The molecular formula is C6H8F3N3OS. The molecule has 4 nitrogen and oxygen atoms in total. The zero-order chi connectivity index (χ0) is 10.6. The maximum absolute atomic E-state index is 11.7. The van der Waals surface area contributed by atoms with Crippen molar-refractivity contribution >= 4 is 11.3 Å². The molecule has 80 valence electrons. The zero-order valence-electron chi connectivity index (χ0n) is 7.04. The van der Waals surface area contributed by atoms with E-state index in [1.807, 2.05) is 0 Å². The number of hydrogen-bond acceptors (Lipinski definition) is 5. The summed E-state index contributed by atoms with van der Waals surface area (Å²) >= 11 is 1.14. The number of halogens is 3. The van der Waals surface area contributed by atoms with Gasteiger partial charge in [0.1, 0.15) is 23.2 Å². The second kappa shape index (κ2) is 4.67. The molecule has 0 radical (unpaired) electrons. The molecule has 0 atom stereocenters. The molecule has 1 aromatic rings. The molecule has 1 heterocycles. The second-order valence-electron chi connectivity index (χ2n) is 2.40. The molecule has 0 amide bonds. The van der Waals surface area contributed by atoms with E-state index >= 15 is 0 Å². The molecule has 0 aliphatic rings. The van der Waals surface area contributed by atoms with Crippen LogP contribution in [0.15, 0.2) is 0 Å². The van der Waals surface area contributed by atoms with Gasteiger partial charge >= 0.3 is 6.18 Å². The van der Waals surface area contributed by atoms with Crippen LogP contribution in [0.1, 0.15) is 10.0 Å². The van der Waals surface area contributed by atoms with Crippen molar-refractivity contribution in [3.8, 4) is 0 Å². The molecule has 1 rings (SSSR count). The van der Waals surface area contributed by atoms with E-state index in [1.165, 1.54) is 0 Å². The van der Waals surface area contributed by atoms with E-state index < -0.39 is 12.8 Å². The summed E-state index contributed by atoms with van der Waals surface area (Å²) in [4.78, 5) is 0. The summed E-state index contributed by atoms with van der Waals surface area (Å²) < 4.78 is 39.3. The van der Waals surface area contributed by atoms with Crippen molar-refractivity contribution < 1.29 is 17.9 Å². The van der Waals surface area contributed by atoms with E-state index in [4.69, 9.17) is 5.73 Å². The Morgan fingerprint density at radius 1 is 1.29 bits per heavy atom. The van der Waals surface area contributed by atoms with Crippen LogP contribution in [0.5, 0.6) is 0 Å². The lowest BCUT2D eigenvalue weighted by Crippen LogP contribution is -2.16. The van der Waals surface area contributed by atoms with Gasteiger partial charge < -0.3 is 10.5 Å². The number of hydrogen-bond donors (Lipinski definition) is 1. The van der Waals surface area contributed by atoms with Crippen molar-refractivity contribution in [2.24, 2.45) is 5.73 Å². The minimum absolute atomic E-state index is 0.183. The Hall–Kier alpha value is -0.730. The predicted molar refractivity (Wildman–Crippen MR) is 43.5 cm³/mol. The quantitative estimate of drug-likeness (QED) is 0.836. The second-order valence-corrected chi connectivity index (χ2v) is 3.55. The van der Waals surface area contributed by atoms with Gasteiger partial charge in [0.05, 0.1) is 0 Å². The molecule has 0 saturated carbocycles. The zero-order valence-corrected chi connectivity index (χ0v) is 7.86. The maximum Gasteiger partial charge on any atom is 0.411 e. The monoisotopic (exact) mass is 227 g/mol. The van der Waals surface area contributed by atoms with Gasteiger partial charge in [-0.25, -0.2) is 0 Å². The molecule has 2 N–H and O–H groups in total. The fourth-order valence-electron chi connectivity index (χ4n) is 0.683. The standard InChI is InChI=1S/C6H8F3N3OS/c7-6(8,9)3-13-2-5-12-11-4(1-10)14-5/h1-3,10H2. The summed E-state index contributed by atoms with van der Waals surface area (Å²) in [6.45, 7) is -1.22. The highest BCUT2D eigenvalue weighted by atomic mass is 32.1. The molecule has 1 aromatic heterocycles. The summed E-state index contributed by atoms with van der Waals surface area (Å²) in [5.74, 6) is 0. The third-order valence-corrected chi connectivity index (χ3v) is 2.09. The average molecular weight is 227 g/mol. The molecule has 0 aromatic carbocycles. The SMILES string of the molecule is NCc1nnc(COCC(F)(F)F)s1. The van der Waals surface area contributed by atoms with E-state index in [-0.39, 0.29) is 13.2 Å². The van der Waals surface area contributed by atoms with Gasteiger partial charge in [0.2, 0.25) is 0 Å². The number of nitrogens with zero attached hydrogens (tertiary/aromatic N) is 2. The van der Waals surface area contributed by atoms with Gasteiger partial charge in [0.15, 0.2) is 0 Å². The van der Waals surface area contributed by atoms with Crippen LogP contribution >= 0.6 is 11.3 Å². The molecule has 0 saturated heterocycles. The molecule has 0 spiro atoms. The van der Waals surface area contributed by atoms with Crippen LogP contribution in [0.4, 0.5) is 13.2 Å². The lowest BCUT2D eigenvalue weighted by molar-refractivity contribution is -0.176. The lowest BCUT2D eigenvalue weighted by Gasteiger charge is -2.04. The van der Waals surface area contributed by atoms with Gasteiger partial charge in [-0.1, -0.05) is 11.3 Å². The van der Waals surface area contributed by atoms with Gasteiger partial charge in [-0.2, -0.15) is 13.2 Å². The summed E-state index contributed by atoms with van der Waals surface area (Å²) in [5.41, 5.74) is 5.25. The molecule has 0 bridgehead atoms. The van der Waals surface area contributed by atoms with Crippen LogP contribution in [-0.2, 0) is 17.9 Å². The summed E-state index contributed by atoms with van der Waals surface area (Å²) in [7, 11) is 0. The topological polar surface area (TPSA) is 61.0 Å². The highest BCUT2D eigenvalue weighted by Gasteiger charge is 2.27. The summed E-state index contributed by atoms with van der Waals surface area (Å²) in [6.07, 6.45) is -4.30. The van der Waals surface area contributed by atoms with Crippen LogP contribution < -0.4 is 5.73 Å². The van der Waals surface area contributed by atoms with Crippen LogP contribution in [0.25, 0.3) is 0 Å². The molecule has 0 unspecified atom stereocenters. The maximum atomic E-state index is 11.7. The predicted octanol–water partition coefficient (Wildman–Crippen LogP) is 1.08. The van der Waals surface area contributed by atoms with Gasteiger partial charge in [0.25, 0.3) is 0 Å². The van der Waals surface area contributed by atoms with E-state index in [1.54, 1.807) is 0 Å². The molecular weight excluding hydrogens is 219 g/mol. The lowest BCUT2D eigenvalue weighted by atomic mass is 10.7. The van der Waals surface area contributed by atoms with E-state index in [0.29, 0.717) is 10.0 Å². The smallest absolute Gasteiger partial charge is 0.365 e. The van der Waals surface area contributed by atoms with Crippen molar-refractivity contribution in [2.75, 3.05) is 6.61 Å². The first kappa shape index (κ1) is 11.3. The number of alkyl halides is 3. The minimum Gasteiger partial charge on any atom is -0.365 e. The fraction of sp³-hybridized carbons (Fsp3) is 0.667. The van der Waals surface area contributed by atoms with Gasteiger partial charge in [-0.05, 0) is 0 Å². The van der Waals surface area contributed by atoms with Crippen molar-refractivity contribution in [3.63, 3.8) is 0 Å². The first-order valence-electron chi connectivity index (χ1n) is 3.67. The highest BCUT2D eigenvalue weighted by Crippen LogP contribution is 2.16. The van der Waals surface area contributed by atoms with E-state index in [2.05, 4.69) is 14.9 Å². The Kier molecular flexibility index (Phi) is 3.78. The van der Waals surface area contributed by atoms with Crippen molar-refractivity contribution in [1.82, 2.24) is 10.2 Å². The Balaban J connectivity index is 2.31. The molecule has 0 aliphatic heterocycles. The third-order valence-electron chi connectivity index (χ3n) is 1.17. The Labute approximate surface area is 81.9 Å². The number of rotatable bonds is 4. The molecule has 0 fully saturated rings. The Morgan fingerprint density at radius 3 is 2.43 bits per heavy atom. The van der Waals surface area contributed by atoms with Crippen LogP contribution in [0, 0.1) is 0 Å². The third kappa shape index (κ3) is 3.99. The number of ether oxygens (including phenoxy) is 1. The molecule has 0 aliphatic carbocycles. The van der Waals surface area contributed by atoms with Crippen LogP contribution in [-0.4, -0.2) is 23.0 Å². The summed E-state index contributed by atoms with van der Waals surface area (Å²) in [6, 6.07) is 0. The average Bonchev–Trinajstić information content (AvgIpc) is 2.50. The van der Waals surface area contributed by atoms with Gasteiger partial charge in [-0.3, -0.25) is 0 Å². The van der Waals surface area contributed by atoms with Crippen molar-refractivity contribution in [2.45, 2.75) is 19.3 Å². The number of aromatic nitrogens is 2. The highest BCUT2D eigenvalue weighted by molar-refractivity contribution is 7.11. The van der Waals surface area contributed by atoms with Crippen molar-refractivity contribution in [3.05, 3.63) is 10.0 Å². The van der Waals surface area contributed by atoms with Crippen LogP contribution in [0.2, 0.25) is 0 Å². The van der Waals surface area contributed by atoms with Crippen LogP contribution in [0.3, 0.4) is 0 Å². The van der Waals surface area contributed by atoms with Crippen molar-refractivity contribution in [1.29, 1.82) is 0 Å². The van der Waals surface area contributed by atoms with E-state index in [9.17, 15) is 13.2 Å². The molecule has 8 heteroatoms. The Bertz CT molecular complexity index is 288.